The van der Waals surface area contributed by atoms with Crippen molar-refractivity contribution in [2.24, 2.45) is 0 Å². The van der Waals surface area contributed by atoms with E-state index in [0.717, 1.165) is 0 Å². The van der Waals surface area contributed by atoms with Crippen molar-refractivity contribution < 1.29 is 0 Å². The van der Waals surface area contributed by atoms with E-state index in [1.165, 1.54) is 34.4 Å². The summed E-state index contributed by atoms with van der Waals surface area (Å²) in [4.78, 5) is 2.48. The van der Waals surface area contributed by atoms with Crippen LogP contribution in [-0.2, 0) is 0 Å². The van der Waals surface area contributed by atoms with E-state index in [0.29, 0.717) is 5.92 Å². The topological polar surface area (TPSA) is 3.24 Å². The lowest BCUT2D eigenvalue weighted by molar-refractivity contribution is 0.394. The molecular formula is C16H25N. The van der Waals surface area contributed by atoms with Crippen LogP contribution in [0.25, 0.3) is 0 Å². The maximum atomic E-state index is 2.48. The van der Waals surface area contributed by atoms with Gasteiger partial charge in [-0.25, -0.2) is 0 Å². The predicted octanol–water partition coefficient (Wildman–Crippen LogP) is 4.33. The van der Waals surface area contributed by atoms with Gasteiger partial charge in [0, 0.05) is 18.3 Å². The average Bonchev–Trinajstić information content (AvgIpc) is 2.22. The maximum Gasteiger partial charge on any atom is 0.0435 e. The van der Waals surface area contributed by atoms with Crippen LogP contribution in [0.1, 0.15) is 55.4 Å². The zero-order valence-corrected chi connectivity index (χ0v) is 12.3. The van der Waals surface area contributed by atoms with Crippen molar-refractivity contribution in [3.63, 3.8) is 0 Å². The third-order valence-corrected chi connectivity index (χ3v) is 4.73. The molecule has 0 spiro atoms. The summed E-state index contributed by atoms with van der Waals surface area (Å²) in [5, 5.41) is 0. The van der Waals surface area contributed by atoms with Crippen LogP contribution in [0.15, 0.2) is 6.07 Å². The van der Waals surface area contributed by atoms with Crippen molar-refractivity contribution in [2.75, 3.05) is 11.9 Å². The van der Waals surface area contributed by atoms with Crippen LogP contribution in [0.3, 0.4) is 0 Å². The number of rotatable bonds is 0. The van der Waals surface area contributed by atoms with E-state index in [-0.39, 0.29) is 5.54 Å². The second kappa shape index (κ2) is 3.76. The molecule has 0 bridgehead atoms. The largest absolute Gasteiger partial charge is 0.369 e. The first-order valence-corrected chi connectivity index (χ1v) is 6.60. The third-order valence-electron chi connectivity index (χ3n) is 4.73. The van der Waals surface area contributed by atoms with Crippen molar-refractivity contribution in [2.45, 2.75) is 59.4 Å². The van der Waals surface area contributed by atoms with Crippen LogP contribution in [0.4, 0.5) is 5.69 Å². The van der Waals surface area contributed by atoms with E-state index in [1.54, 1.807) is 0 Å². The van der Waals surface area contributed by atoms with Gasteiger partial charge in [0.1, 0.15) is 0 Å². The van der Waals surface area contributed by atoms with Gasteiger partial charge in [0.2, 0.25) is 0 Å². The lowest BCUT2D eigenvalue weighted by atomic mass is 9.78. The van der Waals surface area contributed by atoms with Gasteiger partial charge in [-0.05, 0) is 69.2 Å². The fourth-order valence-corrected chi connectivity index (χ4v) is 3.22. The van der Waals surface area contributed by atoms with Crippen molar-refractivity contribution in [1.82, 2.24) is 0 Å². The molecule has 1 aromatic rings. The van der Waals surface area contributed by atoms with Gasteiger partial charge in [-0.15, -0.1) is 0 Å². The third kappa shape index (κ3) is 1.76. The minimum absolute atomic E-state index is 0.263. The lowest BCUT2D eigenvalue weighted by Gasteiger charge is -2.46. The predicted molar refractivity (Wildman–Crippen MR) is 76.2 cm³/mol. The van der Waals surface area contributed by atoms with E-state index in [4.69, 9.17) is 0 Å². The van der Waals surface area contributed by atoms with Crippen molar-refractivity contribution in [3.05, 3.63) is 28.3 Å². The van der Waals surface area contributed by atoms with Gasteiger partial charge >= 0.3 is 0 Å². The monoisotopic (exact) mass is 231 g/mol. The Kier molecular flexibility index (Phi) is 2.76. The highest BCUT2D eigenvalue weighted by atomic mass is 15.2. The van der Waals surface area contributed by atoms with Gasteiger partial charge in [0.05, 0.1) is 0 Å². The van der Waals surface area contributed by atoms with E-state index < -0.39 is 0 Å². The zero-order valence-electron chi connectivity index (χ0n) is 12.3. The summed E-state index contributed by atoms with van der Waals surface area (Å²) in [5.74, 6) is 0.661. The first-order valence-electron chi connectivity index (χ1n) is 6.60. The molecule has 1 heterocycles. The highest BCUT2D eigenvalue weighted by molar-refractivity contribution is 5.67. The molecule has 0 N–H and O–H groups in total. The van der Waals surface area contributed by atoms with Crippen molar-refractivity contribution >= 4 is 5.69 Å². The fraction of sp³-hybridized carbons (Fsp3) is 0.625. The molecule has 1 aromatic carbocycles. The van der Waals surface area contributed by atoms with Crippen LogP contribution >= 0.6 is 0 Å². The Morgan fingerprint density at radius 2 is 1.76 bits per heavy atom. The van der Waals surface area contributed by atoms with Crippen LogP contribution in [0, 0.1) is 20.8 Å². The summed E-state index contributed by atoms with van der Waals surface area (Å²) in [6.45, 7) is 13.8. The van der Waals surface area contributed by atoms with Gasteiger partial charge in [0.15, 0.2) is 0 Å². The van der Waals surface area contributed by atoms with Gasteiger partial charge in [-0.1, -0.05) is 13.0 Å². The van der Waals surface area contributed by atoms with Crippen LogP contribution in [0.5, 0.6) is 0 Å². The van der Waals surface area contributed by atoms with Crippen LogP contribution in [0.2, 0.25) is 0 Å². The molecule has 0 saturated heterocycles. The second-order valence-electron chi connectivity index (χ2n) is 6.36. The first-order chi connectivity index (χ1) is 7.75. The summed E-state index contributed by atoms with van der Waals surface area (Å²) in [6.07, 6.45) is 1.23. The molecule has 0 aliphatic carbocycles. The minimum Gasteiger partial charge on any atom is -0.369 e. The van der Waals surface area contributed by atoms with Gasteiger partial charge in [-0.3, -0.25) is 0 Å². The normalized spacial score (nSPS) is 22.5. The number of aryl methyl sites for hydroxylation is 1. The summed E-state index contributed by atoms with van der Waals surface area (Å²) >= 11 is 0. The van der Waals surface area contributed by atoms with Crippen molar-refractivity contribution in [3.8, 4) is 0 Å². The molecule has 0 fully saturated rings. The summed E-state index contributed by atoms with van der Waals surface area (Å²) in [5.41, 5.74) is 7.60. The van der Waals surface area contributed by atoms with Crippen molar-refractivity contribution in [1.29, 1.82) is 0 Å². The summed E-state index contributed by atoms with van der Waals surface area (Å²) in [6, 6.07) is 2.40. The average molecular weight is 231 g/mol. The molecule has 1 atom stereocenters. The van der Waals surface area contributed by atoms with Gasteiger partial charge < -0.3 is 4.90 Å². The maximum absolute atomic E-state index is 2.48. The molecule has 0 saturated carbocycles. The number of anilines is 1. The number of hydrogen-bond donors (Lipinski definition) is 0. The Labute approximate surface area is 106 Å². The smallest absolute Gasteiger partial charge is 0.0435 e. The quantitative estimate of drug-likeness (QED) is 0.642. The fourth-order valence-electron chi connectivity index (χ4n) is 3.22. The Balaban J connectivity index is 2.71. The Morgan fingerprint density at radius 3 is 2.35 bits per heavy atom. The van der Waals surface area contributed by atoms with Gasteiger partial charge in [-0.2, -0.15) is 0 Å². The minimum atomic E-state index is 0.263. The zero-order chi connectivity index (χ0) is 13.0. The molecule has 1 heteroatoms. The second-order valence-corrected chi connectivity index (χ2v) is 6.36. The highest BCUT2D eigenvalue weighted by Crippen LogP contribution is 2.45. The first kappa shape index (κ1) is 12.5. The molecule has 1 aliphatic heterocycles. The Bertz CT molecular complexity index is 457. The molecule has 0 aromatic heterocycles. The Morgan fingerprint density at radius 1 is 1.18 bits per heavy atom. The standard InChI is InChI=1S/C16H25N/c1-10-8-14-11(2)9-16(5,6)17(7)15(14)13(4)12(10)3/h8,11H,9H2,1-7H3. The molecule has 17 heavy (non-hydrogen) atoms. The summed E-state index contributed by atoms with van der Waals surface area (Å²) in [7, 11) is 2.24. The van der Waals surface area contributed by atoms with Gasteiger partial charge in [0.25, 0.3) is 0 Å². The Hall–Kier alpha value is -0.980. The number of fused-ring (bicyclic) bond motifs is 1. The van der Waals surface area contributed by atoms with E-state index in [1.807, 2.05) is 0 Å². The van der Waals surface area contributed by atoms with E-state index in [2.05, 4.69) is 59.6 Å². The molecule has 2 rings (SSSR count). The van der Waals surface area contributed by atoms with Crippen LogP contribution < -0.4 is 4.90 Å². The SMILES string of the molecule is Cc1cc2c(c(C)c1C)N(C)C(C)(C)CC2C. The molecule has 0 radical (unpaired) electrons. The molecule has 1 nitrogen and oxygen atoms in total. The highest BCUT2D eigenvalue weighted by Gasteiger charge is 2.35. The lowest BCUT2D eigenvalue weighted by Crippen LogP contribution is -2.46. The molecule has 0 amide bonds. The number of benzene rings is 1. The van der Waals surface area contributed by atoms with E-state index in [9.17, 15) is 0 Å². The molecule has 1 unspecified atom stereocenters. The van der Waals surface area contributed by atoms with E-state index >= 15 is 0 Å². The molecular weight excluding hydrogens is 206 g/mol. The molecule has 94 valence electrons. The molecule has 1 aliphatic rings. The summed E-state index contributed by atoms with van der Waals surface area (Å²) < 4.78 is 0. The number of hydrogen-bond acceptors (Lipinski definition) is 1. The van der Waals surface area contributed by atoms with Crippen LogP contribution in [-0.4, -0.2) is 12.6 Å². The number of nitrogens with zero attached hydrogens (tertiary/aromatic N) is 1.